The highest BCUT2D eigenvalue weighted by Gasteiger charge is 2.55. The van der Waals surface area contributed by atoms with E-state index in [2.05, 4.69) is 20.7 Å². The Morgan fingerprint density at radius 2 is 1.69 bits per heavy atom. The van der Waals surface area contributed by atoms with Gasteiger partial charge in [0.15, 0.2) is 27.3 Å². The topological polar surface area (TPSA) is 194 Å². The summed E-state index contributed by atoms with van der Waals surface area (Å²) in [6.45, 7) is -0.285. The maximum absolute atomic E-state index is 13.8. The highest BCUT2D eigenvalue weighted by molar-refractivity contribution is 7.92. The molecule has 1 unspecified atom stereocenters. The van der Waals surface area contributed by atoms with E-state index < -0.39 is 91.9 Å². The van der Waals surface area contributed by atoms with Crippen LogP contribution in [0.3, 0.4) is 0 Å². The molecule has 2 aromatic rings. The fourth-order valence-electron chi connectivity index (χ4n) is 5.99. The van der Waals surface area contributed by atoms with E-state index in [-0.39, 0.29) is 34.9 Å². The number of alkyl carbamates (subject to hydrolysis) is 1. The van der Waals surface area contributed by atoms with Gasteiger partial charge < -0.3 is 31.5 Å². The molecule has 2 aliphatic rings. The molecule has 5 atom stereocenters. The summed E-state index contributed by atoms with van der Waals surface area (Å²) in [6.07, 6.45) is -0.597. The first-order valence-electron chi connectivity index (χ1n) is 13.7. The molecule has 244 valence electrons. The molecule has 4 amide bonds. The third-order valence-corrected chi connectivity index (χ3v) is 11.0. The average Bonchev–Trinajstić information content (AvgIpc) is 3.12. The predicted molar refractivity (Wildman–Crippen MR) is 153 cm³/mol. The highest BCUT2D eigenvalue weighted by Crippen LogP contribution is 2.52. The number of hydrogen-bond donors (Lipinski definition) is 5. The SMILES string of the molecule is COC(=O)N[C@@H](CC(N)=O)C(=O)NC[C@@]1(O)C2CC[C@H]1C[C@H](S(=O)(=O)c1cc(C(=O)Nc3cc(F)c(F)c(F)c3)ccc1Cl)C2. The number of fused-ring (bicyclic) bond motifs is 2. The molecule has 17 heteroatoms. The number of nitrogens with two attached hydrogens (primary N) is 1. The number of halogens is 4. The second-order valence-corrected chi connectivity index (χ2v) is 13.6. The van der Waals surface area contributed by atoms with Crippen molar-refractivity contribution in [3.63, 3.8) is 0 Å². The van der Waals surface area contributed by atoms with Crippen molar-refractivity contribution in [3.8, 4) is 0 Å². The van der Waals surface area contributed by atoms with Crippen LogP contribution in [0.1, 0.15) is 42.5 Å². The van der Waals surface area contributed by atoms with Gasteiger partial charge in [0, 0.05) is 29.9 Å². The zero-order valence-electron chi connectivity index (χ0n) is 23.7. The summed E-state index contributed by atoms with van der Waals surface area (Å²) in [5, 5.41) is 17.3. The van der Waals surface area contributed by atoms with Crippen LogP contribution in [-0.2, 0) is 24.2 Å². The van der Waals surface area contributed by atoms with Crippen LogP contribution in [0.2, 0.25) is 5.02 Å². The van der Waals surface area contributed by atoms with Crippen LogP contribution in [0.25, 0.3) is 0 Å². The molecule has 0 heterocycles. The molecule has 0 saturated heterocycles. The average molecular weight is 675 g/mol. The molecule has 0 aliphatic heterocycles. The predicted octanol–water partition coefficient (Wildman–Crippen LogP) is 2.42. The van der Waals surface area contributed by atoms with Gasteiger partial charge in [-0.2, -0.15) is 0 Å². The van der Waals surface area contributed by atoms with Crippen LogP contribution < -0.4 is 21.7 Å². The van der Waals surface area contributed by atoms with E-state index in [9.17, 15) is 45.9 Å². The van der Waals surface area contributed by atoms with E-state index in [0.717, 1.165) is 13.2 Å². The highest BCUT2D eigenvalue weighted by atomic mass is 35.5. The molecule has 6 N–H and O–H groups in total. The number of hydrogen-bond acceptors (Lipinski definition) is 8. The van der Waals surface area contributed by atoms with Crippen LogP contribution >= 0.6 is 11.6 Å². The van der Waals surface area contributed by atoms with E-state index in [1.54, 1.807) is 0 Å². The molecule has 2 saturated carbocycles. The van der Waals surface area contributed by atoms with Crippen LogP contribution in [0.4, 0.5) is 23.7 Å². The number of aliphatic hydroxyl groups is 1. The van der Waals surface area contributed by atoms with Crippen LogP contribution in [-0.4, -0.2) is 67.9 Å². The lowest BCUT2D eigenvalue weighted by atomic mass is 9.74. The number of primary amides is 1. The van der Waals surface area contributed by atoms with Gasteiger partial charge in [-0.1, -0.05) is 11.6 Å². The van der Waals surface area contributed by atoms with Crippen molar-refractivity contribution >= 4 is 50.9 Å². The second kappa shape index (κ2) is 13.2. The maximum atomic E-state index is 13.8. The number of methoxy groups -OCH3 is 1. The zero-order valence-corrected chi connectivity index (χ0v) is 25.3. The molecule has 4 rings (SSSR count). The number of carbonyl (C=O) groups excluding carboxylic acids is 4. The number of sulfone groups is 1. The molecule has 0 spiro atoms. The minimum Gasteiger partial charge on any atom is -0.453 e. The van der Waals surface area contributed by atoms with Gasteiger partial charge in [-0.05, 0) is 55.7 Å². The molecule has 45 heavy (non-hydrogen) atoms. The first kappa shape index (κ1) is 34.0. The Morgan fingerprint density at radius 3 is 2.24 bits per heavy atom. The van der Waals surface area contributed by atoms with Crippen LogP contribution in [0.15, 0.2) is 35.2 Å². The van der Waals surface area contributed by atoms with E-state index >= 15 is 0 Å². The molecule has 2 aliphatic carbocycles. The fourth-order valence-corrected chi connectivity index (χ4v) is 8.39. The second-order valence-electron chi connectivity index (χ2n) is 11.0. The van der Waals surface area contributed by atoms with Crippen molar-refractivity contribution in [2.45, 2.75) is 53.9 Å². The maximum Gasteiger partial charge on any atom is 0.407 e. The normalized spacial score (nSPS) is 23.1. The Morgan fingerprint density at radius 1 is 1.09 bits per heavy atom. The van der Waals surface area contributed by atoms with Gasteiger partial charge in [-0.15, -0.1) is 0 Å². The van der Waals surface area contributed by atoms with Gasteiger partial charge in [-0.3, -0.25) is 14.4 Å². The monoisotopic (exact) mass is 674 g/mol. The van der Waals surface area contributed by atoms with Gasteiger partial charge in [-0.25, -0.2) is 26.4 Å². The minimum absolute atomic E-state index is 0.00276. The van der Waals surface area contributed by atoms with Gasteiger partial charge in [0.1, 0.15) is 6.04 Å². The standard InChI is InChI=1S/C28H30ClF3N4O8S/c1-44-27(40)36-21(11-23(33)37)26(39)34-12-28(41)14-3-4-15(28)8-17(7-14)45(42,43)22-6-13(2-5-18(22)29)25(38)35-16-9-19(30)24(32)20(31)10-16/h2,5-6,9-10,14-15,17,21,41H,3-4,7-8,11-12H2,1H3,(H2,33,37)(H,34,39)(H,35,38)(H,36,40)/t14-,15?,17-,21-,28-/m0/s1. The summed E-state index contributed by atoms with van der Waals surface area (Å²) < 4.78 is 72.5. The Hall–Kier alpha value is -3.89. The fraction of sp³-hybridized carbons (Fsp3) is 0.429. The van der Waals surface area contributed by atoms with Crippen molar-refractivity contribution in [2.24, 2.45) is 17.6 Å². The Kier molecular flexibility index (Phi) is 9.99. The van der Waals surface area contributed by atoms with Crippen molar-refractivity contribution in [3.05, 3.63) is 58.4 Å². The first-order valence-corrected chi connectivity index (χ1v) is 15.6. The van der Waals surface area contributed by atoms with E-state index in [0.29, 0.717) is 25.0 Å². The summed E-state index contributed by atoms with van der Waals surface area (Å²) in [4.78, 5) is 48.2. The van der Waals surface area contributed by atoms with E-state index in [1.165, 1.54) is 12.1 Å². The quantitative estimate of drug-likeness (QED) is 0.237. The number of amides is 4. The third kappa shape index (κ3) is 7.17. The number of anilines is 1. The largest absolute Gasteiger partial charge is 0.453 e. The minimum atomic E-state index is -4.18. The number of nitrogens with one attached hydrogen (secondary N) is 3. The molecule has 2 fully saturated rings. The van der Waals surface area contributed by atoms with Gasteiger partial charge >= 0.3 is 6.09 Å². The Balaban J connectivity index is 1.48. The molecule has 12 nitrogen and oxygen atoms in total. The lowest BCUT2D eigenvalue weighted by Gasteiger charge is -2.42. The molecule has 2 aromatic carbocycles. The first-order chi connectivity index (χ1) is 21.1. The number of benzene rings is 2. The summed E-state index contributed by atoms with van der Waals surface area (Å²) >= 11 is 6.24. The van der Waals surface area contributed by atoms with E-state index in [1.807, 2.05) is 0 Å². The molecule has 2 bridgehead atoms. The van der Waals surface area contributed by atoms with Crippen LogP contribution in [0.5, 0.6) is 0 Å². The molecular weight excluding hydrogens is 645 g/mol. The van der Waals surface area contributed by atoms with Crippen molar-refractivity contribution in [2.75, 3.05) is 19.0 Å². The van der Waals surface area contributed by atoms with Gasteiger partial charge in [0.25, 0.3) is 5.91 Å². The summed E-state index contributed by atoms with van der Waals surface area (Å²) in [6, 6.07) is 3.19. The number of rotatable bonds is 10. The summed E-state index contributed by atoms with van der Waals surface area (Å²) in [5.74, 6) is -8.49. The zero-order chi connectivity index (χ0) is 33.3. The Labute approximate surface area is 260 Å². The Bertz CT molecular complexity index is 1610. The van der Waals surface area contributed by atoms with Gasteiger partial charge in [0.2, 0.25) is 11.8 Å². The molecular formula is C28H30ClF3N4O8S. The van der Waals surface area contributed by atoms with Gasteiger partial charge in [0.05, 0.1) is 34.3 Å². The smallest absolute Gasteiger partial charge is 0.407 e. The summed E-state index contributed by atoms with van der Waals surface area (Å²) in [7, 11) is -3.12. The van der Waals surface area contributed by atoms with Crippen molar-refractivity contribution < 1.29 is 50.6 Å². The van der Waals surface area contributed by atoms with Crippen molar-refractivity contribution in [1.82, 2.24) is 10.6 Å². The molecule has 0 radical (unpaired) electrons. The molecule has 0 aromatic heterocycles. The van der Waals surface area contributed by atoms with Crippen LogP contribution in [0, 0.1) is 29.3 Å². The third-order valence-electron chi connectivity index (χ3n) is 8.30. The van der Waals surface area contributed by atoms with Crippen molar-refractivity contribution in [1.29, 1.82) is 0 Å². The van der Waals surface area contributed by atoms with E-state index in [4.69, 9.17) is 17.3 Å². The number of ether oxygens (including phenoxy) is 1. The lowest BCUT2D eigenvalue weighted by molar-refractivity contribution is -0.129. The number of carbonyl (C=O) groups is 4. The lowest BCUT2D eigenvalue weighted by Crippen LogP contribution is -2.57. The summed E-state index contributed by atoms with van der Waals surface area (Å²) in [5.41, 5.74) is 3.08.